The summed E-state index contributed by atoms with van der Waals surface area (Å²) in [4.78, 5) is 4.51. The highest BCUT2D eigenvalue weighted by Gasteiger charge is 2.05. The molecular weight excluding hydrogens is 280 g/mol. The fourth-order valence-electron chi connectivity index (χ4n) is 1.73. The van der Waals surface area contributed by atoms with E-state index in [1.807, 2.05) is 18.2 Å². The van der Waals surface area contributed by atoms with Gasteiger partial charge in [0.2, 0.25) is 0 Å². The molecule has 0 atom stereocenters. The normalized spacial score (nSPS) is 11.4. The molecule has 0 fully saturated rings. The fourth-order valence-corrected chi connectivity index (χ4v) is 2.91. The molecule has 1 aromatic carbocycles. The Morgan fingerprint density at radius 1 is 1.37 bits per heavy atom. The van der Waals surface area contributed by atoms with Crippen molar-refractivity contribution in [3.63, 3.8) is 0 Å². The lowest BCUT2D eigenvalue weighted by Crippen LogP contribution is -2.06. The van der Waals surface area contributed by atoms with Crippen molar-refractivity contribution < 1.29 is 4.74 Å². The molecule has 19 heavy (non-hydrogen) atoms. The second-order valence-corrected chi connectivity index (χ2v) is 6.07. The molecule has 0 spiro atoms. The Bertz CT molecular complexity index is 527. The van der Waals surface area contributed by atoms with Gasteiger partial charge in [0.15, 0.2) is 5.13 Å². The molecule has 0 aliphatic carbocycles. The number of rotatable bonds is 7. The average Bonchev–Trinajstić information content (AvgIpc) is 2.78. The molecule has 1 aromatic heterocycles. The first-order chi connectivity index (χ1) is 9.16. The highest BCUT2D eigenvalue weighted by Crippen LogP contribution is 2.31. The van der Waals surface area contributed by atoms with Crippen molar-refractivity contribution in [2.45, 2.75) is 32.8 Å². The van der Waals surface area contributed by atoms with Crippen LogP contribution in [0.3, 0.4) is 0 Å². The van der Waals surface area contributed by atoms with Gasteiger partial charge in [0.05, 0.1) is 21.3 Å². The second kappa shape index (κ2) is 7.08. The average molecular weight is 299 g/mol. The Morgan fingerprint density at radius 3 is 2.95 bits per heavy atom. The van der Waals surface area contributed by atoms with E-state index in [0.29, 0.717) is 6.10 Å². The summed E-state index contributed by atoms with van der Waals surface area (Å²) >= 11 is 7.74. The van der Waals surface area contributed by atoms with E-state index in [2.05, 4.69) is 24.1 Å². The number of nitrogens with zero attached hydrogens (tertiary/aromatic N) is 1. The van der Waals surface area contributed by atoms with Crippen molar-refractivity contribution in [3.8, 4) is 0 Å². The number of benzene rings is 1. The fraction of sp³-hybridized carbons (Fsp3) is 0.500. The lowest BCUT2D eigenvalue weighted by atomic mass is 10.3. The first-order valence-electron chi connectivity index (χ1n) is 6.57. The number of hydrogen-bond donors (Lipinski definition) is 1. The van der Waals surface area contributed by atoms with Gasteiger partial charge in [-0.3, -0.25) is 0 Å². The van der Waals surface area contributed by atoms with Crippen molar-refractivity contribution >= 4 is 38.3 Å². The topological polar surface area (TPSA) is 34.1 Å². The quantitative estimate of drug-likeness (QED) is 0.761. The van der Waals surface area contributed by atoms with Gasteiger partial charge in [-0.1, -0.05) is 29.0 Å². The third kappa shape index (κ3) is 4.34. The Morgan fingerprint density at radius 2 is 2.21 bits per heavy atom. The minimum Gasteiger partial charge on any atom is -0.379 e. The molecule has 0 aliphatic heterocycles. The van der Waals surface area contributed by atoms with Gasteiger partial charge in [-0.25, -0.2) is 4.98 Å². The number of halogens is 1. The van der Waals surface area contributed by atoms with Gasteiger partial charge in [0.1, 0.15) is 0 Å². The monoisotopic (exact) mass is 298 g/mol. The van der Waals surface area contributed by atoms with Crippen LogP contribution < -0.4 is 5.32 Å². The molecular formula is C14H19ClN2OS. The van der Waals surface area contributed by atoms with Crippen LogP contribution in [0, 0.1) is 0 Å². The molecule has 0 saturated carbocycles. The maximum absolute atomic E-state index is 6.13. The van der Waals surface area contributed by atoms with Gasteiger partial charge in [-0.2, -0.15) is 0 Å². The highest BCUT2D eigenvalue weighted by molar-refractivity contribution is 7.22. The van der Waals surface area contributed by atoms with Crippen LogP contribution in [0.5, 0.6) is 0 Å². The molecule has 1 heterocycles. The molecule has 0 bridgehead atoms. The van der Waals surface area contributed by atoms with Gasteiger partial charge in [0, 0.05) is 13.2 Å². The predicted octanol–water partition coefficient (Wildman–Crippen LogP) is 4.57. The number of ether oxygens (including phenoxy) is 1. The maximum atomic E-state index is 6.13. The van der Waals surface area contributed by atoms with E-state index < -0.39 is 0 Å². The number of fused-ring (bicyclic) bond motifs is 1. The summed E-state index contributed by atoms with van der Waals surface area (Å²) in [6.45, 7) is 5.86. The molecule has 0 radical (unpaired) electrons. The van der Waals surface area contributed by atoms with Crippen LogP contribution in [0.25, 0.3) is 10.2 Å². The number of hydrogen-bond acceptors (Lipinski definition) is 4. The van der Waals surface area contributed by atoms with Gasteiger partial charge < -0.3 is 10.1 Å². The summed E-state index contributed by atoms with van der Waals surface area (Å²) in [5, 5.41) is 5.05. The lowest BCUT2D eigenvalue weighted by Gasteiger charge is -2.07. The van der Waals surface area contributed by atoms with E-state index in [1.165, 1.54) is 0 Å². The second-order valence-electron chi connectivity index (χ2n) is 4.66. The number of thiazole rings is 1. The van der Waals surface area contributed by atoms with Gasteiger partial charge in [0.25, 0.3) is 0 Å². The zero-order valence-corrected chi connectivity index (χ0v) is 12.9. The predicted molar refractivity (Wildman–Crippen MR) is 83.4 cm³/mol. The van der Waals surface area contributed by atoms with Crippen LogP contribution in [0.15, 0.2) is 18.2 Å². The standard InChI is InChI=1S/C14H19ClN2OS/c1-10(2)18-9-4-3-8-16-14-17-12-7-5-6-11(15)13(12)19-14/h5-7,10H,3-4,8-9H2,1-2H3,(H,16,17). The number of aromatic nitrogens is 1. The summed E-state index contributed by atoms with van der Waals surface area (Å²) in [6.07, 6.45) is 2.46. The zero-order chi connectivity index (χ0) is 13.7. The van der Waals surface area contributed by atoms with Crippen LogP contribution in [-0.4, -0.2) is 24.2 Å². The zero-order valence-electron chi connectivity index (χ0n) is 11.3. The van der Waals surface area contributed by atoms with Crippen LogP contribution in [0.2, 0.25) is 5.02 Å². The lowest BCUT2D eigenvalue weighted by molar-refractivity contribution is 0.0765. The SMILES string of the molecule is CC(C)OCCCCNc1nc2cccc(Cl)c2s1. The minimum absolute atomic E-state index is 0.319. The summed E-state index contributed by atoms with van der Waals surface area (Å²) in [6, 6.07) is 5.81. The Balaban J connectivity index is 1.77. The molecule has 0 saturated heterocycles. The first-order valence-corrected chi connectivity index (χ1v) is 7.77. The number of anilines is 1. The van der Waals surface area contributed by atoms with E-state index in [1.54, 1.807) is 11.3 Å². The first kappa shape index (κ1) is 14.6. The van der Waals surface area contributed by atoms with Crippen LogP contribution >= 0.6 is 22.9 Å². The maximum Gasteiger partial charge on any atom is 0.183 e. The molecule has 0 amide bonds. The van der Waals surface area contributed by atoms with Crippen molar-refractivity contribution in [3.05, 3.63) is 23.2 Å². The van der Waals surface area contributed by atoms with Crippen molar-refractivity contribution in [2.24, 2.45) is 0 Å². The molecule has 2 aromatic rings. The highest BCUT2D eigenvalue weighted by atomic mass is 35.5. The van der Waals surface area contributed by atoms with Crippen LogP contribution in [0.1, 0.15) is 26.7 Å². The van der Waals surface area contributed by atoms with E-state index in [4.69, 9.17) is 16.3 Å². The largest absolute Gasteiger partial charge is 0.379 e. The third-order valence-corrected chi connectivity index (χ3v) is 4.15. The van der Waals surface area contributed by atoms with E-state index in [-0.39, 0.29) is 0 Å². The van der Waals surface area contributed by atoms with E-state index in [9.17, 15) is 0 Å². The summed E-state index contributed by atoms with van der Waals surface area (Å²) < 4.78 is 6.55. The number of unbranched alkanes of at least 4 members (excludes halogenated alkanes) is 1. The van der Waals surface area contributed by atoms with Gasteiger partial charge >= 0.3 is 0 Å². The van der Waals surface area contributed by atoms with Gasteiger partial charge in [-0.05, 0) is 38.8 Å². The molecule has 0 aliphatic rings. The Labute approximate surface area is 122 Å². The molecule has 1 N–H and O–H groups in total. The summed E-state index contributed by atoms with van der Waals surface area (Å²) in [7, 11) is 0. The molecule has 0 unspecified atom stereocenters. The minimum atomic E-state index is 0.319. The van der Waals surface area contributed by atoms with Crippen molar-refractivity contribution in [2.75, 3.05) is 18.5 Å². The van der Waals surface area contributed by atoms with Crippen molar-refractivity contribution in [1.82, 2.24) is 4.98 Å². The molecule has 104 valence electrons. The van der Waals surface area contributed by atoms with Gasteiger partial charge in [-0.15, -0.1) is 0 Å². The number of nitrogens with one attached hydrogen (secondary N) is 1. The van der Waals surface area contributed by atoms with E-state index in [0.717, 1.165) is 46.4 Å². The molecule has 5 heteroatoms. The third-order valence-electron chi connectivity index (χ3n) is 2.67. The van der Waals surface area contributed by atoms with Crippen LogP contribution in [0.4, 0.5) is 5.13 Å². The Kier molecular flexibility index (Phi) is 5.43. The summed E-state index contributed by atoms with van der Waals surface area (Å²) in [5.41, 5.74) is 0.961. The van der Waals surface area contributed by atoms with E-state index >= 15 is 0 Å². The van der Waals surface area contributed by atoms with Crippen molar-refractivity contribution in [1.29, 1.82) is 0 Å². The summed E-state index contributed by atoms with van der Waals surface area (Å²) in [5.74, 6) is 0. The Hall–Kier alpha value is -0.840. The van der Waals surface area contributed by atoms with Crippen LogP contribution in [-0.2, 0) is 4.74 Å². The smallest absolute Gasteiger partial charge is 0.183 e. The molecule has 3 nitrogen and oxygen atoms in total. The molecule has 2 rings (SSSR count).